The molecule has 8 heteroatoms. The summed E-state index contributed by atoms with van der Waals surface area (Å²) < 4.78 is 42.5. The summed E-state index contributed by atoms with van der Waals surface area (Å²) in [6, 6.07) is 2.28. The van der Waals surface area contributed by atoms with E-state index in [4.69, 9.17) is 5.73 Å². The van der Waals surface area contributed by atoms with Gasteiger partial charge in [-0.1, -0.05) is 15.9 Å². The number of esters is 1. The van der Waals surface area contributed by atoms with Crippen molar-refractivity contribution in [1.29, 1.82) is 0 Å². The molecular formula is C11H12BrClF3NO2. The third kappa shape index (κ3) is 5.00. The molecule has 0 aromatic heterocycles. The first-order chi connectivity index (χ1) is 8.25. The average Bonchev–Trinajstić information content (AvgIpc) is 2.27. The van der Waals surface area contributed by atoms with Crippen LogP contribution < -0.4 is 5.73 Å². The first kappa shape index (κ1) is 18.2. The molecule has 1 aromatic carbocycles. The molecule has 0 radical (unpaired) electrons. The van der Waals surface area contributed by atoms with Crippen LogP contribution in [-0.2, 0) is 15.7 Å². The zero-order chi connectivity index (χ0) is 13.9. The number of ether oxygens (including phenoxy) is 1. The van der Waals surface area contributed by atoms with Crippen LogP contribution in [0.15, 0.2) is 22.7 Å². The summed E-state index contributed by atoms with van der Waals surface area (Å²) in [5.41, 5.74) is 5.10. The van der Waals surface area contributed by atoms with Crippen molar-refractivity contribution in [2.24, 2.45) is 5.73 Å². The van der Waals surface area contributed by atoms with Crippen molar-refractivity contribution >= 4 is 34.3 Å². The van der Waals surface area contributed by atoms with Crippen molar-refractivity contribution in [3.8, 4) is 0 Å². The highest BCUT2D eigenvalue weighted by molar-refractivity contribution is 9.10. The molecule has 2 N–H and O–H groups in total. The van der Waals surface area contributed by atoms with Gasteiger partial charge in [-0.05, 0) is 23.8 Å². The molecule has 0 aliphatic heterocycles. The molecule has 1 rings (SSSR count). The van der Waals surface area contributed by atoms with Gasteiger partial charge in [0.25, 0.3) is 0 Å². The number of carbonyl (C=O) groups excluding carboxylic acids is 1. The molecule has 0 spiro atoms. The number of hydrogen-bond acceptors (Lipinski definition) is 3. The molecule has 0 amide bonds. The Labute approximate surface area is 122 Å². The minimum Gasteiger partial charge on any atom is -0.469 e. The highest BCUT2D eigenvalue weighted by atomic mass is 79.9. The smallest absolute Gasteiger partial charge is 0.416 e. The van der Waals surface area contributed by atoms with Crippen molar-refractivity contribution in [2.75, 3.05) is 7.11 Å². The number of methoxy groups -OCH3 is 1. The number of rotatable bonds is 3. The Morgan fingerprint density at radius 3 is 2.53 bits per heavy atom. The van der Waals surface area contributed by atoms with Gasteiger partial charge >= 0.3 is 12.1 Å². The van der Waals surface area contributed by atoms with E-state index < -0.39 is 23.8 Å². The van der Waals surface area contributed by atoms with Gasteiger partial charge in [-0.25, -0.2) is 0 Å². The van der Waals surface area contributed by atoms with E-state index in [2.05, 4.69) is 20.7 Å². The molecule has 0 unspecified atom stereocenters. The Kier molecular flexibility index (Phi) is 6.82. The van der Waals surface area contributed by atoms with E-state index in [9.17, 15) is 18.0 Å². The molecular weight excluding hydrogens is 350 g/mol. The van der Waals surface area contributed by atoms with Crippen molar-refractivity contribution < 1.29 is 22.7 Å². The quantitative estimate of drug-likeness (QED) is 0.838. The van der Waals surface area contributed by atoms with Crippen molar-refractivity contribution in [3.05, 3.63) is 33.8 Å². The highest BCUT2D eigenvalue weighted by Gasteiger charge is 2.31. The molecule has 0 aliphatic carbocycles. The molecule has 0 fully saturated rings. The maximum Gasteiger partial charge on any atom is 0.416 e. The molecule has 0 aliphatic rings. The van der Waals surface area contributed by atoms with Gasteiger partial charge in [0, 0.05) is 10.5 Å². The Morgan fingerprint density at radius 2 is 2.05 bits per heavy atom. The molecule has 19 heavy (non-hydrogen) atoms. The number of hydrogen-bond donors (Lipinski definition) is 1. The van der Waals surface area contributed by atoms with Crippen LogP contribution in [0, 0.1) is 0 Å². The Hall–Kier alpha value is -0.790. The minimum absolute atomic E-state index is 0. The van der Waals surface area contributed by atoms with Crippen LogP contribution in [0.3, 0.4) is 0 Å². The Bertz CT molecular complexity index is 454. The predicted molar refractivity (Wildman–Crippen MR) is 70.0 cm³/mol. The van der Waals surface area contributed by atoms with E-state index >= 15 is 0 Å². The molecule has 3 nitrogen and oxygen atoms in total. The normalized spacial score (nSPS) is 12.5. The van der Waals surface area contributed by atoms with Crippen LogP contribution in [0.1, 0.15) is 23.6 Å². The lowest BCUT2D eigenvalue weighted by molar-refractivity contribution is -0.141. The van der Waals surface area contributed by atoms with Gasteiger partial charge in [-0.3, -0.25) is 4.79 Å². The van der Waals surface area contributed by atoms with Crippen LogP contribution in [-0.4, -0.2) is 13.1 Å². The number of nitrogens with two attached hydrogens (primary N) is 1. The largest absolute Gasteiger partial charge is 0.469 e. The van der Waals surface area contributed by atoms with E-state index in [-0.39, 0.29) is 24.4 Å². The first-order valence-electron chi connectivity index (χ1n) is 4.94. The van der Waals surface area contributed by atoms with Crippen LogP contribution in [0.25, 0.3) is 0 Å². The fourth-order valence-corrected chi connectivity index (χ4v) is 1.92. The predicted octanol–water partition coefficient (Wildman–Crippen LogP) is 3.45. The number of benzene rings is 1. The van der Waals surface area contributed by atoms with Crippen molar-refractivity contribution in [2.45, 2.75) is 18.6 Å². The van der Waals surface area contributed by atoms with Crippen LogP contribution >= 0.6 is 28.3 Å². The molecule has 0 saturated carbocycles. The molecule has 1 atom stereocenters. The molecule has 0 bridgehead atoms. The minimum atomic E-state index is -4.44. The third-order valence-electron chi connectivity index (χ3n) is 2.34. The second-order valence-corrected chi connectivity index (χ2v) is 4.48. The van der Waals surface area contributed by atoms with Crippen LogP contribution in [0.5, 0.6) is 0 Å². The topological polar surface area (TPSA) is 52.3 Å². The maximum absolute atomic E-state index is 12.5. The summed E-state index contributed by atoms with van der Waals surface area (Å²) in [6.45, 7) is 0. The summed E-state index contributed by atoms with van der Waals surface area (Å²) >= 11 is 3.11. The van der Waals surface area contributed by atoms with Gasteiger partial charge in [-0.15, -0.1) is 12.4 Å². The zero-order valence-corrected chi connectivity index (χ0v) is 12.2. The first-order valence-corrected chi connectivity index (χ1v) is 5.74. The summed E-state index contributed by atoms with van der Waals surface area (Å²) in [6.07, 6.45) is -4.63. The van der Waals surface area contributed by atoms with Gasteiger partial charge in [0.2, 0.25) is 0 Å². The van der Waals surface area contributed by atoms with Gasteiger partial charge in [0.1, 0.15) is 0 Å². The Morgan fingerprint density at radius 1 is 1.47 bits per heavy atom. The summed E-state index contributed by atoms with van der Waals surface area (Å²) in [5.74, 6) is -0.577. The lowest BCUT2D eigenvalue weighted by Crippen LogP contribution is -2.18. The second-order valence-electron chi connectivity index (χ2n) is 3.62. The zero-order valence-electron chi connectivity index (χ0n) is 9.83. The Balaban J connectivity index is 0.00000324. The van der Waals surface area contributed by atoms with E-state index in [1.165, 1.54) is 13.2 Å². The fraction of sp³-hybridized carbons (Fsp3) is 0.364. The maximum atomic E-state index is 12.5. The summed E-state index contributed by atoms with van der Waals surface area (Å²) in [4.78, 5) is 11.0. The van der Waals surface area contributed by atoms with E-state index in [0.29, 0.717) is 4.47 Å². The number of halogens is 5. The van der Waals surface area contributed by atoms with E-state index in [1.54, 1.807) is 0 Å². The standard InChI is InChI=1S/C11H11BrF3NO2.ClH/c1-18-10(17)5-9(16)7-4-6(11(13,14)15)2-3-8(7)12;/h2-4,9H,5,16H2,1H3;1H/t9-;/m0./s1. The van der Waals surface area contributed by atoms with Crippen LogP contribution in [0.4, 0.5) is 13.2 Å². The van der Waals surface area contributed by atoms with Crippen LogP contribution in [0.2, 0.25) is 0 Å². The highest BCUT2D eigenvalue weighted by Crippen LogP contribution is 2.34. The van der Waals surface area contributed by atoms with Gasteiger partial charge in [0.05, 0.1) is 19.1 Å². The number of alkyl halides is 3. The third-order valence-corrected chi connectivity index (χ3v) is 3.06. The second kappa shape index (κ2) is 7.12. The summed E-state index contributed by atoms with van der Waals surface area (Å²) in [5, 5.41) is 0. The molecule has 1 aromatic rings. The van der Waals surface area contributed by atoms with Crippen molar-refractivity contribution in [1.82, 2.24) is 0 Å². The summed E-state index contributed by atoms with van der Waals surface area (Å²) in [7, 11) is 1.19. The average molecular weight is 363 g/mol. The van der Waals surface area contributed by atoms with E-state index in [1.807, 2.05) is 0 Å². The van der Waals surface area contributed by atoms with Gasteiger partial charge < -0.3 is 10.5 Å². The van der Waals surface area contributed by atoms with Crippen molar-refractivity contribution in [3.63, 3.8) is 0 Å². The van der Waals surface area contributed by atoms with E-state index in [0.717, 1.165) is 12.1 Å². The molecule has 0 saturated heterocycles. The molecule has 108 valence electrons. The van der Waals surface area contributed by atoms with Gasteiger partial charge in [0.15, 0.2) is 0 Å². The van der Waals surface area contributed by atoms with Gasteiger partial charge in [-0.2, -0.15) is 13.2 Å². The number of carbonyl (C=O) groups is 1. The monoisotopic (exact) mass is 361 g/mol. The lowest BCUT2D eigenvalue weighted by atomic mass is 10.0. The lowest BCUT2D eigenvalue weighted by Gasteiger charge is -2.15. The molecule has 0 heterocycles. The SMILES string of the molecule is COC(=O)C[C@H](N)c1cc(C(F)(F)F)ccc1Br.Cl. The fourth-order valence-electron chi connectivity index (χ4n) is 1.38.